The summed E-state index contributed by atoms with van der Waals surface area (Å²) in [6.45, 7) is 2.21. The minimum atomic E-state index is -4.76. The van der Waals surface area contributed by atoms with Crippen molar-refractivity contribution in [3.63, 3.8) is 0 Å². The van der Waals surface area contributed by atoms with E-state index in [0.717, 1.165) is 12.7 Å². The fraction of sp³-hybridized carbons (Fsp3) is 0.619. The van der Waals surface area contributed by atoms with Crippen molar-refractivity contribution < 1.29 is 51.3 Å². The van der Waals surface area contributed by atoms with Crippen LogP contribution in [-0.4, -0.2) is 76.8 Å². The minimum Gasteiger partial charge on any atom is -0.400 e. The number of likely N-dealkylation sites (tertiary alicyclic amines) is 1. The van der Waals surface area contributed by atoms with E-state index in [1.54, 1.807) is 6.92 Å². The molecule has 2 aliphatic heterocycles. The molecule has 5 atom stereocenters. The average Bonchev–Trinajstić information content (AvgIpc) is 3.38. The van der Waals surface area contributed by atoms with Crippen LogP contribution in [0.2, 0.25) is 0 Å². The number of aliphatic hydroxyl groups excluding tert-OH is 3. The zero-order chi connectivity index (χ0) is 26.3. The summed E-state index contributed by atoms with van der Waals surface area (Å²) >= 11 is 0. The number of nitrogens with zero attached hydrogens (tertiary/aromatic N) is 1. The Balaban J connectivity index is 0.000000353. The van der Waals surface area contributed by atoms with Gasteiger partial charge >= 0.3 is 12.4 Å². The summed E-state index contributed by atoms with van der Waals surface area (Å²) < 4.78 is 73.0. The summed E-state index contributed by atoms with van der Waals surface area (Å²) in [4.78, 5) is 24.2. The van der Waals surface area contributed by atoms with Crippen molar-refractivity contribution in [2.45, 2.75) is 50.4 Å². The van der Waals surface area contributed by atoms with Gasteiger partial charge in [0.25, 0.3) is 0 Å². The van der Waals surface area contributed by atoms with Gasteiger partial charge in [0.1, 0.15) is 0 Å². The van der Waals surface area contributed by atoms with Crippen molar-refractivity contribution in [3.8, 4) is 0 Å². The molecule has 3 rings (SSSR count). The lowest BCUT2D eigenvalue weighted by Crippen LogP contribution is -2.41. The Morgan fingerprint density at radius 3 is 1.85 bits per heavy atom. The number of amides is 2. The fourth-order valence-corrected chi connectivity index (χ4v) is 3.68. The molecule has 0 saturated carbocycles. The van der Waals surface area contributed by atoms with Gasteiger partial charge in [-0.05, 0) is 25.3 Å². The van der Waals surface area contributed by atoms with Crippen molar-refractivity contribution >= 4 is 11.8 Å². The first-order valence-electron chi connectivity index (χ1n) is 10.3. The lowest BCUT2D eigenvalue weighted by Gasteiger charge is -2.26. The van der Waals surface area contributed by atoms with E-state index >= 15 is 0 Å². The smallest absolute Gasteiger partial charge is 0.400 e. The van der Waals surface area contributed by atoms with E-state index in [2.05, 4.69) is 5.32 Å². The van der Waals surface area contributed by atoms with E-state index < -0.39 is 48.2 Å². The molecule has 2 amide bonds. The zero-order valence-electron chi connectivity index (χ0n) is 18.5. The van der Waals surface area contributed by atoms with Gasteiger partial charge in [0.2, 0.25) is 11.8 Å². The third-order valence-corrected chi connectivity index (χ3v) is 5.56. The number of alkyl halides is 6. The zero-order valence-corrected chi connectivity index (χ0v) is 18.5. The molecule has 2 fully saturated rings. The number of carbonyl (C=O) groups excluding carboxylic acids is 2. The quantitative estimate of drug-likeness (QED) is 0.472. The van der Waals surface area contributed by atoms with Crippen LogP contribution >= 0.6 is 0 Å². The highest BCUT2D eigenvalue weighted by Gasteiger charge is 2.50. The van der Waals surface area contributed by atoms with Crippen LogP contribution in [0.4, 0.5) is 26.3 Å². The third kappa shape index (κ3) is 7.57. The maximum absolute atomic E-state index is 12.5. The summed E-state index contributed by atoms with van der Waals surface area (Å²) in [5, 5.41) is 27.1. The van der Waals surface area contributed by atoms with Crippen molar-refractivity contribution in [3.05, 3.63) is 35.9 Å². The van der Waals surface area contributed by atoms with E-state index in [1.165, 1.54) is 4.90 Å². The Labute approximate surface area is 192 Å². The molecule has 194 valence electrons. The Morgan fingerprint density at radius 1 is 0.912 bits per heavy atom. The van der Waals surface area contributed by atoms with Gasteiger partial charge in [0, 0.05) is 20.2 Å². The van der Waals surface area contributed by atoms with Gasteiger partial charge in [-0.15, -0.1) is 0 Å². The van der Waals surface area contributed by atoms with Crippen LogP contribution in [0.1, 0.15) is 31.4 Å². The molecular formula is C21H28F6N2O5. The van der Waals surface area contributed by atoms with Crippen LogP contribution in [0.15, 0.2) is 30.3 Å². The number of aliphatic hydroxyl groups is 3. The Morgan fingerprint density at radius 2 is 1.41 bits per heavy atom. The van der Waals surface area contributed by atoms with Crippen LogP contribution in [0.25, 0.3) is 0 Å². The summed E-state index contributed by atoms with van der Waals surface area (Å²) in [5.41, 5.74) is 0.864. The maximum atomic E-state index is 12.5. The van der Waals surface area contributed by atoms with Crippen LogP contribution in [0.5, 0.6) is 0 Å². The summed E-state index contributed by atoms with van der Waals surface area (Å²) in [7, 11) is 1.00. The largest absolute Gasteiger partial charge is 0.415 e. The normalized spacial score (nSPS) is 23.2. The van der Waals surface area contributed by atoms with Gasteiger partial charge in [-0.3, -0.25) is 9.59 Å². The van der Waals surface area contributed by atoms with Gasteiger partial charge in [-0.2, -0.15) is 26.3 Å². The van der Waals surface area contributed by atoms with E-state index in [-0.39, 0.29) is 32.0 Å². The van der Waals surface area contributed by atoms with Crippen LogP contribution in [0.3, 0.4) is 0 Å². The third-order valence-electron chi connectivity index (χ3n) is 5.56. The van der Waals surface area contributed by atoms with Crippen LogP contribution in [-0.2, 0) is 9.59 Å². The molecule has 1 aromatic carbocycles. The highest BCUT2D eigenvalue weighted by molar-refractivity contribution is 5.82. The van der Waals surface area contributed by atoms with Gasteiger partial charge in [0.15, 0.2) is 12.2 Å². The van der Waals surface area contributed by atoms with Crippen LogP contribution < -0.4 is 5.32 Å². The first-order valence-corrected chi connectivity index (χ1v) is 10.3. The molecule has 0 spiro atoms. The summed E-state index contributed by atoms with van der Waals surface area (Å²) in [6.07, 6.45) is -14.5. The number of carbonyl (C=O) groups is 2. The molecule has 2 aliphatic rings. The topological polar surface area (TPSA) is 110 Å². The Kier molecular flexibility index (Phi) is 10.8. The van der Waals surface area contributed by atoms with E-state index in [4.69, 9.17) is 10.2 Å². The number of hydrogen-bond donors (Lipinski definition) is 4. The van der Waals surface area contributed by atoms with E-state index in [0.29, 0.717) is 0 Å². The van der Waals surface area contributed by atoms with Gasteiger partial charge in [-0.25, -0.2) is 0 Å². The number of halogens is 6. The number of nitrogens with one attached hydrogen (secondary N) is 1. The second-order valence-electron chi connectivity index (χ2n) is 7.67. The van der Waals surface area contributed by atoms with Gasteiger partial charge in [0.05, 0.1) is 17.9 Å². The molecule has 7 nitrogen and oxygen atoms in total. The monoisotopic (exact) mass is 502 g/mol. The van der Waals surface area contributed by atoms with Crippen LogP contribution in [0, 0.1) is 11.8 Å². The second kappa shape index (κ2) is 12.4. The highest BCUT2D eigenvalue weighted by Crippen LogP contribution is 2.35. The molecule has 2 heterocycles. The van der Waals surface area contributed by atoms with Gasteiger partial charge < -0.3 is 25.5 Å². The first kappa shape index (κ1) is 29.7. The van der Waals surface area contributed by atoms with Crippen molar-refractivity contribution in [2.24, 2.45) is 11.8 Å². The molecule has 13 heteroatoms. The number of hydrogen-bond acceptors (Lipinski definition) is 5. The summed E-state index contributed by atoms with van der Waals surface area (Å²) in [5.74, 6) is -4.07. The predicted molar refractivity (Wildman–Crippen MR) is 108 cm³/mol. The standard InChI is InChI=1S/C14H16F3NO2.C6H8F3NO2.CH4O/c1-9(10-5-3-2-4-6-10)18-8-7-11(13(18)20)12(19)14(15,16)17;7-6(8,9)4(11)3-1-2-10-5(3)12;1-2/h2-6,9,11-12,19H,7-8H2,1H3;3-4,11H,1-2H2,(H,10,12);2H,1H3/t9-,11+,12+;3-,4-;/m10./s1. The fourth-order valence-electron chi connectivity index (χ4n) is 3.68. The molecule has 0 aromatic heterocycles. The molecule has 0 aliphatic carbocycles. The minimum absolute atomic E-state index is 0.0245. The summed E-state index contributed by atoms with van der Waals surface area (Å²) in [6, 6.07) is 8.81. The SMILES string of the molecule is CO.C[C@H](c1ccccc1)N1CC[C@@H]([C@H](O)C(F)(F)F)C1=O.O=C1NCC[C@H]1[C@H](O)C(F)(F)F. The lowest BCUT2D eigenvalue weighted by atomic mass is 10.0. The number of benzene rings is 1. The molecule has 1 aromatic rings. The second-order valence-corrected chi connectivity index (χ2v) is 7.67. The molecule has 0 bridgehead atoms. The van der Waals surface area contributed by atoms with Crippen molar-refractivity contribution in [1.82, 2.24) is 10.2 Å². The highest BCUT2D eigenvalue weighted by atomic mass is 19.4. The molecule has 0 unspecified atom stereocenters. The van der Waals surface area contributed by atoms with Crippen molar-refractivity contribution in [2.75, 3.05) is 20.2 Å². The molecular weight excluding hydrogens is 474 g/mol. The van der Waals surface area contributed by atoms with Gasteiger partial charge in [-0.1, -0.05) is 30.3 Å². The molecule has 2 saturated heterocycles. The lowest BCUT2D eigenvalue weighted by molar-refractivity contribution is -0.218. The Bertz CT molecular complexity index is 790. The molecule has 34 heavy (non-hydrogen) atoms. The Hall–Kier alpha value is -2.38. The average molecular weight is 502 g/mol. The molecule has 0 radical (unpaired) electrons. The first-order chi connectivity index (χ1) is 15.7. The number of rotatable bonds is 4. The van der Waals surface area contributed by atoms with E-state index in [1.807, 2.05) is 30.3 Å². The molecule has 4 N–H and O–H groups in total. The van der Waals surface area contributed by atoms with Crippen molar-refractivity contribution in [1.29, 1.82) is 0 Å². The van der Waals surface area contributed by atoms with E-state index in [9.17, 15) is 41.0 Å². The predicted octanol–water partition coefficient (Wildman–Crippen LogP) is 2.17. The maximum Gasteiger partial charge on any atom is 0.415 e.